The molecule has 0 amide bonds. The molecule has 6 rings (SSSR count). The zero-order valence-corrected chi connectivity index (χ0v) is 39.3. The first-order chi connectivity index (χ1) is 30.1. The van der Waals surface area contributed by atoms with Gasteiger partial charge in [-0.3, -0.25) is 0 Å². The van der Waals surface area contributed by atoms with Crippen LogP contribution in [0.4, 0.5) is 0 Å². The van der Waals surface area contributed by atoms with Gasteiger partial charge in [-0.05, 0) is 155 Å². The molecule has 0 saturated heterocycles. The SMILES string of the molecule is C=C/C1=C(\C=C/C)N(C2=CCC=CC(CCC3=C(/C=C\C)C4=CCC(C)C=C4CC=C3/C=C\C=C/C)=C2)C/C=C\C(c2ccc(C(C)(C)C)c(-c3ccccc3)c2)=C/C1=C.CC. The van der Waals surface area contributed by atoms with Gasteiger partial charge in [0, 0.05) is 23.5 Å². The van der Waals surface area contributed by atoms with Crippen LogP contribution in [0.1, 0.15) is 106 Å². The van der Waals surface area contributed by atoms with Crippen molar-refractivity contribution in [3.8, 4) is 11.1 Å². The fourth-order valence-corrected chi connectivity index (χ4v) is 8.69. The Kier molecular flexibility index (Phi) is 17.3. The number of hydrogen-bond donors (Lipinski definition) is 0. The van der Waals surface area contributed by atoms with Gasteiger partial charge in [0.25, 0.3) is 0 Å². The second-order valence-electron chi connectivity index (χ2n) is 17.2. The van der Waals surface area contributed by atoms with Crippen LogP contribution < -0.4 is 0 Å². The highest BCUT2D eigenvalue weighted by Crippen LogP contribution is 2.41. The fraction of sp³-hybridized carbons (Fsp3) is 0.279. The molecule has 1 heteroatoms. The molecule has 0 N–H and O–H groups in total. The Balaban J connectivity index is 0.00000358. The van der Waals surface area contributed by atoms with Crippen LogP contribution in [0.15, 0.2) is 233 Å². The van der Waals surface area contributed by atoms with Gasteiger partial charge in [-0.1, -0.05) is 194 Å². The first-order valence-electron chi connectivity index (χ1n) is 23.0. The highest BCUT2D eigenvalue weighted by molar-refractivity contribution is 5.82. The van der Waals surface area contributed by atoms with E-state index < -0.39 is 0 Å². The second kappa shape index (κ2) is 22.8. The summed E-state index contributed by atoms with van der Waals surface area (Å²) in [5.41, 5.74) is 18.7. The smallest absolute Gasteiger partial charge is 0.0489 e. The summed E-state index contributed by atoms with van der Waals surface area (Å²) < 4.78 is 0. The van der Waals surface area contributed by atoms with Gasteiger partial charge in [-0.25, -0.2) is 0 Å². The van der Waals surface area contributed by atoms with Gasteiger partial charge in [0.15, 0.2) is 0 Å². The largest absolute Gasteiger partial charge is 0.337 e. The van der Waals surface area contributed by atoms with Gasteiger partial charge >= 0.3 is 0 Å². The highest BCUT2D eigenvalue weighted by Gasteiger charge is 2.24. The number of benzene rings is 2. The van der Waals surface area contributed by atoms with Crippen molar-refractivity contribution in [2.24, 2.45) is 5.92 Å². The molecule has 1 nitrogen and oxygen atoms in total. The van der Waals surface area contributed by atoms with E-state index in [4.69, 9.17) is 0 Å². The topological polar surface area (TPSA) is 3.24 Å². The summed E-state index contributed by atoms with van der Waals surface area (Å²) in [7, 11) is 0. The molecule has 2 aromatic carbocycles. The lowest BCUT2D eigenvalue weighted by molar-refractivity contribution is 0.497. The molecule has 0 fully saturated rings. The fourth-order valence-electron chi connectivity index (χ4n) is 8.69. The summed E-state index contributed by atoms with van der Waals surface area (Å²) in [5, 5.41) is 0. The van der Waals surface area contributed by atoms with Crippen LogP contribution in [0.5, 0.6) is 0 Å². The molecular weight excluding hydrogens is 747 g/mol. The third-order valence-corrected chi connectivity index (χ3v) is 11.6. The molecule has 0 saturated carbocycles. The van der Waals surface area contributed by atoms with E-state index in [-0.39, 0.29) is 5.41 Å². The molecule has 1 atom stereocenters. The van der Waals surface area contributed by atoms with E-state index in [1.165, 1.54) is 61.4 Å². The number of hydrogen-bond acceptors (Lipinski definition) is 1. The van der Waals surface area contributed by atoms with E-state index in [1.807, 2.05) is 19.9 Å². The quantitative estimate of drug-likeness (QED) is 0.204. The van der Waals surface area contributed by atoms with Gasteiger partial charge in [0.2, 0.25) is 0 Å². The first-order valence-corrected chi connectivity index (χ1v) is 23.0. The van der Waals surface area contributed by atoms with Crippen LogP contribution in [0.25, 0.3) is 16.7 Å². The number of rotatable bonds is 11. The summed E-state index contributed by atoms with van der Waals surface area (Å²) in [6, 6.07) is 17.7. The maximum Gasteiger partial charge on any atom is 0.0489 e. The lowest BCUT2D eigenvalue weighted by Gasteiger charge is -2.28. The van der Waals surface area contributed by atoms with Crippen LogP contribution in [0.3, 0.4) is 0 Å². The van der Waals surface area contributed by atoms with Crippen LogP contribution in [0, 0.1) is 5.92 Å². The van der Waals surface area contributed by atoms with E-state index in [0.717, 1.165) is 54.5 Å². The van der Waals surface area contributed by atoms with E-state index in [1.54, 1.807) is 0 Å². The Morgan fingerprint density at radius 2 is 1.56 bits per heavy atom. The van der Waals surface area contributed by atoms with Gasteiger partial charge in [0.05, 0.1) is 0 Å². The molecule has 0 spiro atoms. The molecule has 0 aromatic heterocycles. The Morgan fingerprint density at radius 1 is 0.790 bits per heavy atom. The predicted octanol–water partition coefficient (Wildman–Crippen LogP) is 17.3. The van der Waals surface area contributed by atoms with Crippen molar-refractivity contribution in [3.63, 3.8) is 0 Å². The van der Waals surface area contributed by atoms with Crippen molar-refractivity contribution in [2.75, 3.05) is 6.54 Å². The molecule has 1 unspecified atom stereocenters. The summed E-state index contributed by atoms with van der Waals surface area (Å²) in [6.45, 7) is 29.2. The van der Waals surface area contributed by atoms with Gasteiger partial charge in [0.1, 0.15) is 0 Å². The Morgan fingerprint density at radius 3 is 2.27 bits per heavy atom. The minimum Gasteiger partial charge on any atom is -0.337 e. The minimum atomic E-state index is 0.000643. The number of fused-ring (bicyclic) bond motifs is 1. The van der Waals surface area contributed by atoms with E-state index in [0.29, 0.717) is 12.5 Å². The van der Waals surface area contributed by atoms with Crippen molar-refractivity contribution < 1.29 is 0 Å². The van der Waals surface area contributed by atoms with Crippen LogP contribution in [-0.2, 0) is 5.41 Å². The number of nitrogens with zero attached hydrogens (tertiary/aromatic N) is 1. The van der Waals surface area contributed by atoms with E-state index in [2.05, 4.69) is 224 Å². The molecule has 1 heterocycles. The van der Waals surface area contributed by atoms with Gasteiger partial charge in [-0.2, -0.15) is 0 Å². The summed E-state index contributed by atoms with van der Waals surface area (Å²) in [6.07, 6.45) is 48.0. The molecule has 2 aromatic rings. The van der Waals surface area contributed by atoms with Crippen LogP contribution in [0.2, 0.25) is 0 Å². The predicted molar refractivity (Wildman–Crippen MR) is 275 cm³/mol. The van der Waals surface area contributed by atoms with Crippen LogP contribution >= 0.6 is 0 Å². The Hall–Kier alpha value is -5.92. The molecular formula is C61H71N. The average Bonchev–Trinajstić information content (AvgIpc) is 3.56. The molecule has 0 bridgehead atoms. The van der Waals surface area contributed by atoms with Crippen molar-refractivity contribution in [3.05, 3.63) is 244 Å². The third kappa shape index (κ3) is 11.7. The van der Waals surface area contributed by atoms with Gasteiger partial charge < -0.3 is 4.90 Å². The van der Waals surface area contributed by atoms with Crippen molar-refractivity contribution in [1.29, 1.82) is 0 Å². The van der Waals surface area contributed by atoms with E-state index in [9.17, 15) is 0 Å². The lowest BCUT2D eigenvalue weighted by atomic mass is 9.80. The van der Waals surface area contributed by atoms with Crippen molar-refractivity contribution in [1.82, 2.24) is 4.90 Å². The second-order valence-corrected chi connectivity index (χ2v) is 17.2. The Labute approximate surface area is 376 Å². The van der Waals surface area contributed by atoms with E-state index >= 15 is 0 Å². The minimum absolute atomic E-state index is 0.000643. The lowest BCUT2D eigenvalue weighted by Crippen LogP contribution is -2.22. The van der Waals surface area contributed by atoms with Crippen LogP contribution in [-0.4, -0.2) is 11.4 Å². The zero-order valence-electron chi connectivity index (χ0n) is 39.3. The molecule has 320 valence electrons. The maximum atomic E-state index is 4.66. The molecule has 3 aliphatic carbocycles. The van der Waals surface area contributed by atoms with Crippen molar-refractivity contribution >= 4 is 5.57 Å². The maximum absolute atomic E-state index is 4.66. The highest BCUT2D eigenvalue weighted by atomic mass is 15.1. The molecule has 0 radical (unpaired) electrons. The summed E-state index contributed by atoms with van der Waals surface area (Å²) >= 11 is 0. The molecule has 4 aliphatic rings. The number of allylic oxidation sites excluding steroid dienone is 27. The van der Waals surface area contributed by atoms with Gasteiger partial charge in [-0.15, -0.1) is 0 Å². The Bertz CT molecular complexity index is 2400. The standard InChI is InChI=1S/C59H65N.C2H6/c1-10-14-16-25-47-32-33-50-39-43(5)30-35-54(50)55(22-11-2)53(47)36-31-45-24-19-20-29-51(41-45)60-38-21-28-48(40-44(6)52(13-4)58(60)23-12-3)49-34-37-57(59(7,8)9)56(42-49)46-26-17-15-18-27-46;1-2/h10-19,21-29,32,34-35,37,39-43H,4,6,20,30-31,33,36,38H2,1-3,5,7-9H3;1-2H3/b14-10-,22-11-,23-12-,25-16-,28-21-,48-40+,58-52-;. The monoisotopic (exact) mass is 818 g/mol. The first kappa shape index (κ1) is 47.1. The third-order valence-electron chi connectivity index (χ3n) is 11.6. The summed E-state index contributed by atoms with van der Waals surface area (Å²) in [5.74, 6) is 0.566. The summed E-state index contributed by atoms with van der Waals surface area (Å²) in [4.78, 5) is 2.44. The zero-order chi connectivity index (χ0) is 44.6. The molecule has 1 aliphatic heterocycles. The molecule has 62 heavy (non-hydrogen) atoms. The average molecular weight is 818 g/mol. The van der Waals surface area contributed by atoms with Crippen molar-refractivity contribution in [2.45, 2.75) is 99.8 Å². The normalized spacial score (nSPS) is 21.4.